The van der Waals surface area contributed by atoms with Gasteiger partial charge in [-0.3, -0.25) is 0 Å². The first-order chi connectivity index (χ1) is 4.41. The Bertz CT molecular complexity index is 87.2. The number of hydroxylamine groups is 1. The maximum absolute atomic E-state index is 4.85. The van der Waals surface area contributed by atoms with Gasteiger partial charge in [0.15, 0.2) is 0 Å². The van der Waals surface area contributed by atoms with Crippen molar-refractivity contribution in [1.82, 2.24) is 5.48 Å². The van der Waals surface area contributed by atoms with Crippen LogP contribution in [0.25, 0.3) is 0 Å². The fraction of sp³-hybridized carbons (Fsp3) is 0.333. The summed E-state index contributed by atoms with van der Waals surface area (Å²) < 4.78 is 0. The van der Waals surface area contributed by atoms with Crippen LogP contribution in [0.3, 0.4) is 0 Å². The largest absolute Gasteiger partial charge is 0.391 e. The van der Waals surface area contributed by atoms with Crippen LogP contribution in [0.15, 0.2) is 24.6 Å². The summed E-state index contributed by atoms with van der Waals surface area (Å²) >= 11 is 0. The maximum atomic E-state index is 4.85. The summed E-state index contributed by atoms with van der Waals surface area (Å²) in [4.78, 5) is 4.55. The lowest BCUT2D eigenvalue weighted by molar-refractivity contribution is 0.172. The van der Waals surface area contributed by atoms with Gasteiger partial charge in [0, 0.05) is 6.20 Å². The Balaban J connectivity index is 0.000000187. The van der Waals surface area contributed by atoms with E-state index in [1.165, 1.54) is 0 Å². The average Bonchev–Trinajstić information content (AvgIpc) is 1.93. The molecule has 0 amide bonds. The monoisotopic (exact) mass is 128 g/mol. The second kappa shape index (κ2) is 7.04. The summed E-state index contributed by atoms with van der Waals surface area (Å²) in [5, 5.41) is 0. The minimum Gasteiger partial charge on any atom is -0.391 e. The van der Waals surface area contributed by atoms with E-state index in [1.807, 2.05) is 13.0 Å². The molecule has 1 heterocycles. The zero-order valence-electron chi connectivity index (χ0n) is 5.50. The first-order valence-electron chi connectivity index (χ1n) is 2.84. The Morgan fingerprint density at radius 1 is 1.56 bits per heavy atom. The van der Waals surface area contributed by atoms with E-state index >= 15 is 0 Å². The molecular formula is C6H12N2O. The van der Waals surface area contributed by atoms with Crippen LogP contribution in [0.5, 0.6) is 0 Å². The Kier molecular flexibility index (Phi) is 6.29. The molecule has 0 unspecified atom stereocenters. The maximum Gasteiger partial charge on any atom is 0.119 e. The lowest BCUT2D eigenvalue weighted by Gasteiger charge is -1.97. The van der Waals surface area contributed by atoms with Crippen molar-refractivity contribution >= 4 is 0 Å². The second-order valence-electron chi connectivity index (χ2n) is 1.33. The lowest BCUT2D eigenvalue weighted by Crippen LogP contribution is -2.01. The number of hydrogen-bond donors (Lipinski definition) is 2. The van der Waals surface area contributed by atoms with Crippen LogP contribution in [0.1, 0.15) is 6.92 Å². The highest BCUT2D eigenvalue weighted by Gasteiger charge is 1.72. The molecule has 3 nitrogen and oxygen atoms in total. The molecule has 0 aliphatic carbocycles. The molecule has 1 aliphatic rings. The van der Waals surface area contributed by atoms with Gasteiger partial charge in [0.2, 0.25) is 0 Å². The molecule has 0 fully saturated rings. The second-order valence-corrected chi connectivity index (χ2v) is 1.33. The third-order valence-corrected chi connectivity index (χ3v) is 0.490. The molecule has 0 atom stereocenters. The highest BCUT2D eigenvalue weighted by Crippen LogP contribution is 1.80. The van der Waals surface area contributed by atoms with Crippen molar-refractivity contribution in [3.05, 3.63) is 24.6 Å². The van der Waals surface area contributed by atoms with Gasteiger partial charge in [-0.15, -0.1) is 0 Å². The van der Waals surface area contributed by atoms with Crippen LogP contribution in [0, 0.1) is 0 Å². The first-order valence-corrected chi connectivity index (χ1v) is 2.84. The Morgan fingerprint density at radius 3 is 2.33 bits per heavy atom. The number of allylic oxidation sites excluding steroid dienone is 2. The van der Waals surface area contributed by atoms with Crippen LogP contribution < -0.4 is 11.2 Å². The molecule has 0 radical (unpaired) electrons. The van der Waals surface area contributed by atoms with Gasteiger partial charge in [-0.25, -0.2) is 5.48 Å². The van der Waals surface area contributed by atoms with Crippen molar-refractivity contribution in [1.29, 1.82) is 0 Å². The van der Waals surface area contributed by atoms with Crippen LogP contribution in [-0.2, 0) is 4.84 Å². The number of nitrogens with two attached hydrogens (primary N) is 1. The standard InChI is InChI=1S/C4H5NO.C2H7N/c1-2-4-6-5-3-1;1-2-3/h1-5H;2-3H2,1H3. The molecule has 52 valence electrons. The summed E-state index contributed by atoms with van der Waals surface area (Å²) in [6.45, 7) is 2.65. The van der Waals surface area contributed by atoms with Crippen molar-refractivity contribution in [3.63, 3.8) is 0 Å². The predicted molar refractivity (Wildman–Crippen MR) is 37.2 cm³/mol. The van der Waals surface area contributed by atoms with Crippen molar-refractivity contribution in [2.75, 3.05) is 6.54 Å². The normalized spacial score (nSPS) is 12.7. The zero-order valence-corrected chi connectivity index (χ0v) is 5.50. The van der Waals surface area contributed by atoms with Crippen molar-refractivity contribution in [3.8, 4) is 0 Å². The van der Waals surface area contributed by atoms with Crippen LogP contribution in [0.2, 0.25) is 0 Å². The summed E-state index contributed by atoms with van der Waals surface area (Å²) in [6.07, 6.45) is 6.93. The minimum absolute atomic E-state index is 0.750. The van der Waals surface area contributed by atoms with E-state index in [0.29, 0.717) is 0 Å². The average molecular weight is 128 g/mol. The molecule has 0 spiro atoms. The molecule has 0 aromatic rings. The van der Waals surface area contributed by atoms with Crippen LogP contribution in [-0.4, -0.2) is 6.54 Å². The van der Waals surface area contributed by atoms with Crippen LogP contribution in [0.4, 0.5) is 0 Å². The molecule has 1 aliphatic heterocycles. The fourth-order valence-electron chi connectivity index (χ4n) is 0.258. The van der Waals surface area contributed by atoms with Gasteiger partial charge >= 0.3 is 0 Å². The summed E-state index contributed by atoms with van der Waals surface area (Å²) in [5.74, 6) is 0. The van der Waals surface area contributed by atoms with E-state index in [4.69, 9.17) is 5.73 Å². The fourth-order valence-corrected chi connectivity index (χ4v) is 0.258. The molecule has 9 heavy (non-hydrogen) atoms. The first kappa shape index (κ1) is 8.04. The van der Waals surface area contributed by atoms with E-state index in [9.17, 15) is 0 Å². The van der Waals surface area contributed by atoms with Gasteiger partial charge in [0.1, 0.15) is 6.26 Å². The van der Waals surface area contributed by atoms with Gasteiger partial charge in [-0.2, -0.15) is 0 Å². The topological polar surface area (TPSA) is 47.3 Å². The number of hydrogen-bond acceptors (Lipinski definition) is 3. The van der Waals surface area contributed by atoms with E-state index in [1.54, 1.807) is 18.5 Å². The quantitative estimate of drug-likeness (QED) is 0.500. The number of rotatable bonds is 0. The molecule has 0 saturated heterocycles. The number of nitrogens with one attached hydrogen (secondary N) is 1. The molecule has 1 rings (SSSR count). The Morgan fingerprint density at radius 2 is 2.22 bits per heavy atom. The van der Waals surface area contributed by atoms with Crippen molar-refractivity contribution in [2.24, 2.45) is 5.73 Å². The smallest absolute Gasteiger partial charge is 0.119 e. The summed E-state index contributed by atoms with van der Waals surface area (Å²) in [5.41, 5.74) is 7.36. The van der Waals surface area contributed by atoms with Crippen molar-refractivity contribution < 1.29 is 4.84 Å². The highest BCUT2D eigenvalue weighted by molar-refractivity contribution is 5.00. The summed E-state index contributed by atoms with van der Waals surface area (Å²) in [7, 11) is 0. The third-order valence-electron chi connectivity index (χ3n) is 0.490. The van der Waals surface area contributed by atoms with Gasteiger partial charge in [-0.05, 0) is 18.7 Å². The predicted octanol–water partition coefficient (Wildman–Crippen LogP) is 0.514. The van der Waals surface area contributed by atoms with E-state index in [-0.39, 0.29) is 0 Å². The zero-order chi connectivity index (χ0) is 6.95. The van der Waals surface area contributed by atoms with Gasteiger partial charge in [0.05, 0.1) is 0 Å². The molecule has 3 heteroatoms. The molecule has 0 bridgehead atoms. The minimum atomic E-state index is 0.750. The van der Waals surface area contributed by atoms with Gasteiger partial charge in [-0.1, -0.05) is 6.92 Å². The SMILES string of the molecule is C1=CNOC=C1.CCN. The van der Waals surface area contributed by atoms with Crippen LogP contribution >= 0.6 is 0 Å². The van der Waals surface area contributed by atoms with Gasteiger partial charge < -0.3 is 10.6 Å². The highest BCUT2D eigenvalue weighted by atomic mass is 16.6. The van der Waals surface area contributed by atoms with Gasteiger partial charge in [0.25, 0.3) is 0 Å². The Hall–Kier alpha value is -0.960. The molecular weight excluding hydrogens is 116 g/mol. The molecule has 0 aromatic carbocycles. The lowest BCUT2D eigenvalue weighted by atomic mass is 10.6. The molecule has 3 N–H and O–H groups in total. The Labute approximate surface area is 55.1 Å². The van der Waals surface area contributed by atoms with E-state index in [0.717, 1.165) is 6.54 Å². The summed E-state index contributed by atoms with van der Waals surface area (Å²) in [6, 6.07) is 0. The van der Waals surface area contributed by atoms with Crippen molar-refractivity contribution in [2.45, 2.75) is 6.92 Å². The van der Waals surface area contributed by atoms with E-state index in [2.05, 4.69) is 10.3 Å². The molecule has 0 saturated carbocycles. The third kappa shape index (κ3) is 7.04. The van der Waals surface area contributed by atoms with E-state index < -0.39 is 0 Å². The molecule has 0 aromatic heterocycles.